The van der Waals surface area contributed by atoms with Gasteiger partial charge in [-0.2, -0.15) is 0 Å². The number of nitrogens with zero attached hydrogens (tertiary/aromatic N) is 1. The second-order valence-corrected chi connectivity index (χ2v) is 7.21. The van der Waals surface area contributed by atoms with Crippen LogP contribution in [0.25, 0.3) is 11.3 Å². The van der Waals surface area contributed by atoms with Crippen LogP contribution in [0.5, 0.6) is 0 Å². The Morgan fingerprint density at radius 2 is 2.10 bits per heavy atom. The molecule has 21 heavy (non-hydrogen) atoms. The highest BCUT2D eigenvalue weighted by Crippen LogP contribution is 2.34. The van der Waals surface area contributed by atoms with E-state index in [0.29, 0.717) is 6.04 Å². The first-order valence-corrected chi connectivity index (χ1v) is 8.81. The molecule has 0 radical (unpaired) electrons. The average Bonchev–Trinajstić information content (AvgIpc) is 3.15. The topological polar surface area (TPSA) is 24.9 Å². The molecule has 3 atom stereocenters. The summed E-state index contributed by atoms with van der Waals surface area (Å²) in [6.07, 6.45) is 5.17. The molecular formula is C18H24N2S. The van der Waals surface area contributed by atoms with Gasteiger partial charge in [-0.05, 0) is 31.7 Å². The van der Waals surface area contributed by atoms with Gasteiger partial charge in [-0.25, -0.2) is 4.98 Å². The molecule has 0 aliphatic heterocycles. The number of rotatable bonds is 5. The summed E-state index contributed by atoms with van der Waals surface area (Å²) in [4.78, 5) is 4.84. The van der Waals surface area contributed by atoms with Crippen LogP contribution in [0.4, 0.5) is 0 Å². The Bertz CT molecular complexity index is 564. The molecule has 1 aliphatic rings. The van der Waals surface area contributed by atoms with Crippen molar-refractivity contribution in [1.29, 1.82) is 0 Å². The van der Waals surface area contributed by atoms with E-state index in [-0.39, 0.29) is 0 Å². The quantitative estimate of drug-likeness (QED) is 0.886. The minimum Gasteiger partial charge on any atom is -0.316 e. The second-order valence-electron chi connectivity index (χ2n) is 6.27. The van der Waals surface area contributed by atoms with Gasteiger partial charge in [-0.15, -0.1) is 11.3 Å². The molecule has 1 saturated carbocycles. The van der Waals surface area contributed by atoms with E-state index in [9.17, 15) is 0 Å². The second kappa shape index (κ2) is 6.71. The van der Waals surface area contributed by atoms with Crippen molar-refractivity contribution < 1.29 is 0 Å². The lowest BCUT2D eigenvalue weighted by Crippen LogP contribution is -2.34. The Hall–Kier alpha value is -1.19. The third-order valence-electron chi connectivity index (χ3n) is 4.69. The third kappa shape index (κ3) is 3.53. The highest BCUT2D eigenvalue weighted by Gasteiger charge is 2.28. The van der Waals surface area contributed by atoms with Crippen LogP contribution >= 0.6 is 11.3 Å². The van der Waals surface area contributed by atoms with Gasteiger partial charge >= 0.3 is 0 Å². The first-order valence-electron chi connectivity index (χ1n) is 7.93. The van der Waals surface area contributed by atoms with Crippen molar-refractivity contribution in [3.63, 3.8) is 0 Å². The summed E-state index contributed by atoms with van der Waals surface area (Å²) in [6.45, 7) is 2.38. The molecule has 0 spiro atoms. The van der Waals surface area contributed by atoms with Crippen molar-refractivity contribution in [2.45, 2.75) is 38.6 Å². The van der Waals surface area contributed by atoms with E-state index in [1.165, 1.54) is 29.8 Å². The summed E-state index contributed by atoms with van der Waals surface area (Å²) in [6, 6.07) is 11.0. The first-order chi connectivity index (χ1) is 10.3. The Morgan fingerprint density at radius 1 is 1.29 bits per heavy atom. The lowest BCUT2D eigenvalue weighted by atomic mass is 9.95. The molecule has 0 amide bonds. The van der Waals surface area contributed by atoms with Gasteiger partial charge < -0.3 is 5.32 Å². The average molecular weight is 300 g/mol. The van der Waals surface area contributed by atoms with Crippen LogP contribution < -0.4 is 5.32 Å². The van der Waals surface area contributed by atoms with Gasteiger partial charge in [0.25, 0.3) is 0 Å². The SMILES string of the molecule is CNC(Cc1nc(-c2ccccc2)cs1)C1CCC(C)C1. The van der Waals surface area contributed by atoms with Gasteiger partial charge in [0, 0.05) is 23.4 Å². The normalized spacial score (nSPS) is 23.3. The molecule has 3 rings (SSSR count). The fourth-order valence-corrected chi connectivity index (χ4v) is 4.32. The molecule has 0 bridgehead atoms. The molecule has 1 aromatic carbocycles. The molecule has 3 unspecified atom stereocenters. The van der Waals surface area contributed by atoms with E-state index in [4.69, 9.17) is 4.98 Å². The minimum absolute atomic E-state index is 0.574. The number of benzene rings is 1. The summed E-state index contributed by atoms with van der Waals surface area (Å²) in [5, 5.41) is 6.98. The predicted octanol–water partition coefficient (Wildman–Crippen LogP) is 4.38. The monoisotopic (exact) mass is 300 g/mol. The van der Waals surface area contributed by atoms with Crippen molar-refractivity contribution in [2.24, 2.45) is 11.8 Å². The Kier molecular flexibility index (Phi) is 4.71. The van der Waals surface area contributed by atoms with Gasteiger partial charge in [-0.3, -0.25) is 0 Å². The number of aromatic nitrogens is 1. The number of likely N-dealkylation sites (N-methyl/N-ethyl adjacent to an activating group) is 1. The van der Waals surface area contributed by atoms with Crippen LogP contribution in [-0.4, -0.2) is 18.1 Å². The molecule has 1 N–H and O–H groups in total. The lowest BCUT2D eigenvalue weighted by molar-refractivity contribution is 0.367. The van der Waals surface area contributed by atoms with E-state index in [1.54, 1.807) is 11.3 Å². The van der Waals surface area contributed by atoms with E-state index in [1.807, 2.05) is 0 Å². The van der Waals surface area contributed by atoms with E-state index < -0.39 is 0 Å². The Labute approximate surface area is 131 Å². The molecule has 112 valence electrons. The summed E-state index contributed by atoms with van der Waals surface area (Å²) < 4.78 is 0. The highest BCUT2D eigenvalue weighted by atomic mass is 32.1. The predicted molar refractivity (Wildman–Crippen MR) is 90.6 cm³/mol. The molecule has 1 heterocycles. The summed E-state index contributed by atoms with van der Waals surface area (Å²) >= 11 is 1.80. The molecular weight excluding hydrogens is 276 g/mol. The molecule has 2 nitrogen and oxygen atoms in total. The number of hydrogen-bond donors (Lipinski definition) is 1. The molecule has 3 heteroatoms. The maximum atomic E-state index is 4.84. The van der Waals surface area contributed by atoms with Crippen LogP contribution in [0.2, 0.25) is 0 Å². The molecule has 1 aliphatic carbocycles. The molecule has 2 aromatic rings. The maximum absolute atomic E-state index is 4.84. The molecule has 1 fully saturated rings. The first kappa shape index (κ1) is 14.7. The summed E-state index contributed by atoms with van der Waals surface area (Å²) in [5.74, 6) is 1.70. The zero-order valence-electron chi connectivity index (χ0n) is 12.9. The Morgan fingerprint density at radius 3 is 2.76 bits per heavy atom. The smallest absolute Gasteiger partial charge is 0.0948 e. The summed E-state index contributed by atoms with van der Waals surface area (Å²) in [7, 11) is 2.10. The standard InChI is InChI=1S/C18H24N2S/c1-13-8-9-15(10-13)16(19-2)11-18-20-17(12-21-18)14-6-4-3-5-7-14/h3-7,12-13,15-16,19H,8-11H2,1-2H3. The molecule has 1 aromatic heterocycles. The van der Waals surface area contributed by atoms with E-state index in [0.717, 1.165) is 24.0 Å². The van der Waals surface area contributed by atoms with Gasteiger partial charge in [0.1, 0.15) is 0 Å². The van der Waals surface area contributed by atoms with Crippen LogP contribution in [0, 0.1) is 11.8 Å². The van der Waals surface area contributed by atoms with Gasteiger partial charge in [0.2, 0.25) is 0 Å². The fourth-order valence-electron chi connectivity index (χ4n) is 3.46. The van der Waals surface area contributed by atoms with Crippen molar-refractivity contribution >= 4 is 11.3 Å². The van der Waals surface area contributed by atoms with Crippen LogP contribution in [-0.2, 0) is 6.42 Å². The Balaban J connectivity index is 1.68. The van der Waals surface area contributed by atoms with Crippen molar-refractivity contribution in [1.82, 2.24) is 10.3 Å². The van der Waals surface area contributed by atoms with E-state index >= 15 is 0 Å². The van der Waals surface area contributed by atoms with Gasteiger partial charge in [-0.1, -0.05) is 43.7 Å². The third-order valence-corrected chi connectivity index (χ3v) is 5.56. The van der Waals surface area contributed by atoms with Crippen LogP contribution in [0.3, 0.4) is 0 Å². The van der Waals surface area contributed by atoms with Crippen LogP contribution in [0.15, 0.2) is 35.7 Å². The van der Waals surface area contributed by atoms with Crippen molar-refractivity contribution in [2.75, 3.05) is 7.05 Å². The van der Waals surface area contributed by atoms with Gasteiger partial charge in [0.05, 0.1) is 10.7 Å². The minimum atomic E-state index is 0.574. The van der Waals surface area contributed by atoms with Crippen molar-refractivity contribution in [3.8, 4) is 11.3 Å². The largest absolute Gasteiger partial charge is 0.316 e. The number of nitrogens with one attached hydrogen (secondary N) is 1. The lowest BCUT2D eigenvalue weighted by Gasteiger charge is -2.22. The number of thiazole rings is 1. The highest BCUT2D eigenvalue weighted by molar-refractivity contribution is 7.09. The fraction of sp³-hybridized carbons (Fsp3) is 0.500. The molecule has 0 saturated heterocycles. The van der Waals surface area contributed by atoms with E-state index in [2.05, 4.69) is 55.0 Å². The zero-order chi connectivity index (χ0) is 14.7. The maximum Gasteiger partial charge on any atom is 0.0948 e. The number of hydrogen-bond acceptors (Lipinski definition) is 3. The zero-order valence-corrected chi connectivity index (χ0v) is 13.7. The summed E-state index contributed by atoms with van der Waals surface area (Å²) in [5.41, 5.74) is 2.33. The van der Waals surface area contributed by atoms with Gasteiger partial charge in [0.15, 0.2) is 0 Å². The van der Waals surface area contributed by atoms with Crippen LogP contribution in [0.1, 0.15) is 31.2 Å². The van der Waals surface area contributed by atoms with Crippen molar-refractivity contribution in [3.05, 3.63) is 40.7 Å².